The highest BCUT2D eigenvalue weighted by Crippen LogP contribution is 2.39. The molecule has 0 spiro atoms. The highest BCUT2D eigenvalue weighted by atomic mass is 16.5. The van der Waals surface area contributed by atoms with E-state index in [-0.39, 0.29) is 17.5 Å². The standard InChI is InChI=1S/C36H37N5O3/c1-3-6-33-32(21-24-9-11-25(12-10-24)31-8-5-4-7-28(31)22-37)35(43)40(36-38-23-39-41(33)36)29-17-13-26(14-18-29)34(42)27-15-19-30(44-2)20-16-27/h4-5,7-12,15-16,19-20,23,26,29,34,42H,3,6,13-14,17-18,21H2,1-2H3/t26-,29-,34?. The van der Waals surface area contributed by atoms with E-state index in [4.69, 9.17) is 4.74 Å². The maximum absolute atomic E-state index is 14.3. The topological polar surface area (TPSA) is 105 Å². The van der Waals surface area contributed by atoms with Crippen LogP contribution in [0, 0.1) is 17.2 Å². The van der Waals surface area contributed by atoms with Crippen LogP contribution >= 0.6 is 0 Å². The van der Waals surface area contributed by atoms with E-state index < -0.39 is 6.10 Å². The molecule has 1 aliphatic rings. The van der Waals surface area contributed by atoms with E-state index in [0.29, 0.717) is 17.8 Å². The average Bonchev–Trinajstić information content (AvgIpc) is 3.56. The Morgan fingerprint density at radius 3 is 2.43 bits per heavy atom. The molecule has 8 heteroatoms. The molecule has 2 heterocycles. The monoisotopic (exact) mass is 587 g/mol. The van der Waals surface area contributed by atoms with Crippen molar-refractivity contribution in [1.82, 2.24) is 19.2 Å². The van der Waals surface area contributed by atoms with Crippen molar-refractivity contribution in [3.63, 3.8) is 0 Å². The van der Waals surface area contributed by atoms with Crippen molar-refractivity contribution in [3.05, 3.63) is 117 Å². The maximum Gasteiger partial charge on any atom is 0.259 e. The van der Waals surface area contributed by atoms with Gasteiger partial charge in [0.1, 0.15) is 12.1 Å². The minimum Gasteiger partial charge on any atom is -0.497 e. The lowest BCUT2D eigenvalue weighted by molar-refractivity contribution is 0.0745. The van der Waals surface area contributed by atoms with Gasteiger partial charge in [0, 0.05) is 18.0 Å². The minimum absolute atomic E-state index is 0.00740. The van der Waals surface area contributed by atoms with Crippen molar-refractivity contribution in [2.45, 2.75) is 64.0 Å². The first-order chi connectivity index (χ1) is 21.5. The van der Waals surface area contributed by atoms with Gasteiger partial charge in [0.25, 0.3) is 5.56 Å². The predicted molar refractivity (Wildman–Crippen MR) is 170 cm³/mol. The zero-order valence-electron chi connectivity index (χ0n) is 25.2. The predicted octanol–water partition coefficient (Wildman–Crippen LogP) is 6.45. The third-order valence-electron chi connectivity index (χ3n) is 9.02. The summed E-state index contributed by atoms with van der Waals surface area (Å²) < 4.78 is 8.98. The van der Waals surface area contributed by atoms with Gasteiger partial charge in [-0.25, -0.2) is 4.52 Å². The summed E-state index contributed by atoms with van der Waals surface area (Å²) in [7, 11) is 1.63. The van der Waals surface area contributed by atoms with Crippen molar-refractivity contribution in [3.8, 4) is 22.9 Å². The largest absolute Gasteiger partial charge is 0.497 e. The molecule has 8 nitrogen and oxygen atoms in total. The van der Waals surface area contributed by atoms with Gasteiger partial charge in [0.05, 0.1) is 30.5 Å². The Hall–Kier alpha value is -4.74. The molecule has 0 radical (unpaired) electrons. The summed E-state index contributed by atoms with van der Waals surface area (Å²) >= 11 is 0. The molecule has 0 bridgehead atoms. The van der Waals surface area contributed by atoms with Gasteiger partial charge in [0.2, 0.25) is 5.78 Å². The molecule has 1 N–H and O–H groups in total. The molecule has 1 atom stereocenters. The fourth-order valence-corrected chi connectivity index (χ4v) is 6.67. The number of hydrogen-bond acceptors (Lipinski definition) is 6. The van der Waals surface area contributed by atoms with E-state index >= 15 is 0 Å². The number of benzene rings is 3. The van der Waals surface area contributed by atoms with E-state index in [2.05, 4.69) is 23.1 Å². The zero-order valence-corrected chi connectivity index (χ0v) is 25.2. The molecule has 0 aliphatic heterocycles. The van der Waals surface area contributed by atoms with Crippen LogP contribution in [0.15, 0.2) is 83.9 Å². The molecule has 1 unspecified atom stereocenters. The molecule has 6 rings (SSSR count). The first kappa shape index (κ1) is 29.3. The second kappa shape index (κ2) is 12.9. The molecule has 2 aromatic heterocycles. The third kappa shape index (κ3) is 5.63. The number of aliphatic hydroxyl groups excluding tert-OH is 1. The second-order valence-corrected chi connectivity index (χ2v) is 11.6. The van der Waals surface area contributed by atoms with Gasteiger partial charge in [-0.15, -0.1) is 0 Å². The summed E-state index contributed by atoms with van der Waals surface area (Å²) in [6, 6.07) is 25.6. The van der Waals surface area contributed by atoms with E-state index in [1.54, 1.807) is 7.11 Å². The van der Waals surface area contributed by atoms with E-state index in [1.807, 2.05) is 81.9 Å². The number of nitriles is 1. The van der Waals surface area contributed by atoms with Crippen molar-refractivity contribution >= 4 is 5.78 Å². The van der Waals surface area contributed by atoms with Crippen LogP contribution in [-0.2, 0) is 12.8 Å². The number of fused-ring (bicyclic) bond motifs is 1. The SMILES string of the molecule is CCCc1c(Cc2ccc(-c3ccccc3C#N)cc2)c(=O)n([C@H]2CC[C@H](C(O)c3ccc(OC)cc3)CC2)c2ncnn12. The van der Waals surface area contributed by atoms with Crippen LogP contribution in [0.4, 0.5) is 0 Å². The Morgan fingerprint density at radius 1 is 1.02 bits per heavy atom. The number of aromatic nitrogens is 4. The van der Waals surface area contributed by atoms with Crippen molar-refractivity contribution in [1.29, 1.82) is 5.26 Å². The van der Waals surface area contributed by atoms with Gasteiger partial charge in [0.15, 0.2) is 0 Å². The van der Waals surface area contributed by atoms with Crippen LogP contribution in [0.2, 0.25) is 0 Å². The van der Waals surface area contributed by atoms with Gasteiger partial charge in [-0.3, -0.25) is 9.36 Å². The Kier molecular flexibility index (Phi) is 8.58. The van der Waals surface area contributed by atoms with Crippen LogP contribution in [0.25, 0.3) is 16.9 Å². The molecule has 3 aromatic carbocycles. The first-order valence-corrected chi connectivity index (χ1v) is 15.4. The number of ether oxygens (including phenoxy) is 1. The normalized spacial score (nSPS) is 17.3. The third-order valence-corrected chi connectivity index (χ3v) is 9.02. The number of aryl methyl sites for hydroxylation is 1. The minimum atomic E-state index is -0.558. The molecule has 224 valence electrons. The molecule has 1 fully saturated rings. The summed E-state index contributed by atoms with van der Waals surface area (Å²) in [5, 5.41) is 25.2. The van der Waals surface area contributed by atoms with E-state index in [1.165, 1.54) is 6.33 Å². The summed E-state index contributed by atoms with van der Waals surface area (Å²) in [5.41, 5.74) is 6.06. The fourth-order valence-electron chi connectivity index (χ4n) is 6.67. The zero-order chi connectivity index (χ0) is 30.6. The molecule has 0 saturated heterocycles. The average molecular weight is 588 g/mol. The Bertz CT molecular complexity index is 1840. The highest BCUT2D eigenvalue weighted by molar-refractivity contribution is 5.70. The van der Waals surface area contributed by atoms with Crippen LogP contribution in [0.1, 0.15) is 79.1 Å². The van der Waals surface area contributed by atoms with Gasteiger partial charge >= 0.3 is 0 Å². The lowest BCUT2D eigenvalue weighted by atomic mass is 9.80. The number of rotatable bonds is 9. The van der Waals surface area contributed by atoms with Gasteiger partial charge < -0.3 is 9.84 Å². The van der Waals surface area contributed by atoms with Crippen LogP contribution in [0.5, 0.6) is 5.75 Å². The Balaban J connectivity index is 1.28. The first-order valence-electron chi connectivity index (χ1n) is 15.4. The maximum atomic E-state index is 14.3. The molecule has 0 amide bonds. The quantitative estimate of drug-likeness (QED) is 0.213. The summed E-state index contributed by atoms with van der Waals surface area (Å²) in [5.74, 6) is 1.47. The van der Waals surface area contributed by atoms with Crippen molar-refractivity contribution < 1.29 is 9.84 Å². The number of hydrogen-bond donors (Lipinski definition) is 1. The van der Waals surface area contributed by atoms with E-state index in [9.17, 15) is 15.2 Å². The summed E-state index contributed by atoms with van der Waals surface area (Å²) in [4.78, 5) is 18.9. The van der Waals surface area contributed by atoms with Crippen molar-refractivity contribution in [2.24, 2.45) is 5.92 Å². The number of nitrogens with zero attached hydrogens (tertiary/aromatic N) is 5. The molecular weight excluding hydrogens is 550 g/mol. The van der Waals surface area contributed by atoms with Gasteiger partial charge in [-0.2, -0.15) is 15.3 Å². The molecule has 5 aromatic rings. The molecule has 1 saturated carbocycles. The Labute approximate surface area is 257 Å². The Morgan fingerprint density at radius 2 is 1.75 bits per heavy atom. The smallest absolute Gasteiger partial charge is 0.259 e. The van der Waals surface area contributed by atoms with Crippen LogP contribution in [-0.4, -0.2) is 31.4 Å². The number of aliphatic hydroxyl groups is 1. The van der Waals surface area contributed by atoms with Gasteiger partial charge in [-0.05, 0) is 78.5 Å². The summed E-state index contributed by atoms with van der Waals surface area (Å²) in [6.07, 6.45) is 6.23. The van der Waals surface area contributed by atoms with Crippen LogP contribution in [0.3, 0.4) is 0 Å². The highest BCUT2D eigenvalue weighted by Gasteiger charge is 2.31. The molecular formula is C36H37N5O3. The van der Waals surface area contributed by atoms with Gasteiger partial charge in [-0.1, -0.05) is 67.9 Å². The lowest BCUT2D eigenvalue weighted by Gasteiger charge is -2.33. The van der Waals surface area contributed by atoms with Crippen LogP contribution < -0.4 is 10.3 Å². The molecule has 44 heavy (non-hydrogen) atoms. The summed E-state index contributed by atoms with van der Waals surface area (Å²) in [6.45, 7) is 2.11. The fraction of sp³-hybridized carbons (Fsp3) is 0.333. The second-order valence-electron chi connectivity index (χ2n) is 11.6. The lowest BCUT2D eigenvalue weighted by Crippen LogP contribution is -2.34. The number of methoxy groups -OCH3 is 1. The van der Waals surface area contributed by atoms with Crippen molar-refractivity contribution in [2.75, 3.05) is 7.11 Å². The van der Waals surface area contributed by atoms with E-state index in [0.717, 1.165) is 77.8 Å². The molecule has 1 aliphatic carbocycles.